The second-order valence-electron chi connectivity index (χ2n) is 7.72. The fraction of sp³-hybridized carbons (Fsp3) is 0.429. The van der Waals surface area contributed by atoms with E-state index in [-0.39, 0.29) is 12.3 Å². The zero-order valence-corrected chi connectivity index (χ0v) is 18.3. The first-order chi connectivity index (χ1) is 15.3. The molecule has 32 heavy (non-hydrogen) atoms. The Morgan fingerprint density at radius 3 is 2.75 bits per heavy atom. The molecule has 1 aromatic heterocycles. The summed E-state index contributed by atoms with van der Waals surface area (Å²) < 4.78 is 0. The Morgan fingerprint density at radius 2 is 2.03 bits per heavy atom. The summed E-state index contributed by atoms with van der Waals surface area (Å²) in [5.74, 6) is -2.65. The highest BCUT2D eigenvalue weighted by atomic mass is 32.1. The number of benzene rings is 1. The molecule has 2 aromatic rings. The number of fused-ring (bicyclic) bond motifs is 1. The van der Waals surface area contributed by atoms with Gasteiger partial charge in [0.2, 0.25) is 17.7 Å². The molecule has 6 N–H and O–H groups in total. The summed E-state index contributed by atoms with van der Waals surface area (Å²) in [6.07, 6.45) is 3.05. The average molecular weight is 462 g/mol. The lowest BCUT2D eigenvalue weighted by Crippen LogP contribution is -2.54. The van der Waals surface area contributed by atoms with Gasteiger partial charge in [0.05, 0.1) is 12.6 Å². The smallest absolute Gasteiger partial charge is 0.326 e. The van der Waals surface area contributed by atoms with Crippen molar-refractivity contribution in [3.8, 4) is 0 Å². The maximum atomic E-state index is 12.6. The topological polar surface area (TPSA) is 158 Å². The molecule has 172 valence electrons. The van der Waals surface area contributed by atoms with Crippen molar-refractivity contribution in [2.75, 3.05) is 18.8 Å². The minimum absolute atomic E-state index is 0.00142. The monoisotopic (exact) mass is 461 g/mol. The predicted octanol–water partition coefficient (Wildman–Crippen LogP) is -0.356. The van der Waals surface area contributed by atoms with Crippen LogP contribution in [-0.4, -0.2) is 75.6 Å². The number of rotatable bonds is 9. The van der Waals surface area contributed by atoms with E-state index in [2.05, 4.69) is 28.2 Å². The lowest BCUT2D eigenvalue weighted by molar-refractivity contribution is -0.149. The van der Waals surface area contributed by atoms with E-state index in [0.717, 1.165) is 16.5 Å². The number of carbonyl (C=O) groups excluding carboxylic acids is 3. The van der Waals surface area contributed by atoms with Crippen LogP contribution in [0.15, 0.2) is 30.5 Å². The summed E-state index contributed by atoms with van der Waals surface area (Å²) >= 11 is 4.10. The van der Waals surface area contributed by atoms with Gasteiger partial charge in [-0.3, -0.25) is 14.4 Å². The Kier molecular flexibility index (Phi) is 7.75. The number of aromatic nitrogens is 1. The first-order valence-electron chi connectivity index (χ1n) is 10.3. The van der Waals surface area contributed by atoms with Gasteiger partial charge in [0.15, 0.2) is 0 Å². The molecule has 3 rings (SSSR count). The van der Waals surface area contributed by atoms with E-state index in [0.29, 0.717) is 25.8 Å². The van der Waals surface area contributed by atoms with Gasteiger partial charge >= 0.3 is 5.97 Å². The number of amides is 3. The second kappa shape index (κ2) is 10.5. The molecule has 3 unspecified atom stereocenters. The van der Waals surface area contributed by atoms with Crippen molar-refractivity contribution in [1.82, 2.24) is 20.5 Å². The third-order valence-corrected chi connectivity index (χ3v) is 5.88. The lowest BCUT2D eigenvalue weighted by Gasteiger charge is -2.26. The fourth-order valence-corrected chi connectivity index (χ4v) is 4.09. The fourth-order valence-electron chi connectivity index (χ4n) is 3.85. The van der Waals surface area contributed by atoms with Gasteiger partial charge in [-0.25, -0.2) is 4.79 Å². The number of nitrogens with two attached hydrogens (primary N) is 1. The Labute approximate surface area is 190 Å². The number of hydrogen-bond donors (Lipinski definition) is 6. The van der Waals surface area contributed by atoms with Gasteiger partial charge < -0.3 is 31.4 Å². The van der Waals surface area contributed by atoms with Gasteiger partial charge in [-0.2, -0.15) is 12.6 Å². The van der Waals surface area contributed by atoms with Gasteiger partial charge in [-0.05, 0) is 30.9 Å². The molecule has 10 nitrogen and oxygen atoms in total. The summed E-state index contributed by atoms with van der Waals surface area (Å²) in [6.45, 7) is -0.0459. The number of H-pyrrole nitrogens is 1. The summed E-state index contributed by atoms with van der Waals surface area (Å²) in [4.78, 5) is 53.0. The van der Waals surface area contributed by atoms with Crippen molar-refractivity contribution < 1.29 is 24.3 Å². The number of carbonyl (C=O) groups is 4. The highest BCUT2D eigenvalue weighted by molar-refractivity contribution is 7.80. The largest absolute Gasteiger partial charge is 0.480 e. The highest BCUT2D eigenvalue weighted by Crippen LogP contribution is 2.19. The molecule has 1 saturated heterocycles. The van der Waals surface area contributed by atoms with E-state index in [4.69, 9.17) is 5.73 Å². The molecule has 1 fully saturated rings. The maximum Gasteiger partial charge on any atom is 0.326 e. The molecule has 0 spiro atoms. The summed E-state index contributed by atoms with van der Waals surface area (Å²) in [5.41, 5.74) is 7.84. The molecule has 0 radical (unpaired) electrons. The third-order valence-electron chi connectivity index (χ3n) is 5.51. The zero-order valence-electron chi connectivity index (χ0n) is 17.4. The van der Waals surface area contributed by atoms with Crippen LogP contribution >= 0.6 is 12.6 Å². The Morgan fingerprint density at radius 1 is 1.28 bits per heavy atom. The standard InChI is InChI=1S/C21H27N5O5S/c22-14(8-12-9-23-15-5-2-1-4-13(12)15)19(28)24-10-18(27)25-16(11-32)20(29)26-7-3-6-17(26)21(30)31/h1-2,4-5,9,14,16-17,23,32H,3,6-8,10-11,22H2,(H,24,28)(H,25,27)(H,30,31). The van der Waals surface area contributed by atoms with Crippen molar-refractivity contribution in [3.05, 3.63) is 36.0 Å². The molecule has 0 bridgehead atoms. The Hall–Kier alpha value is -3.05. The van der Waals surface area contributed by atoms with Gasteiger partial charge in [-0.15, -0.1) is 0 Å². The molecular weight excluding hydrogens is 434 g/mol. The number of para-hydroxylation sites is 1. The number of nitrogens with zero attached hydrogens (tertiary/aromatic N) is 1. The average Bonchev–Trinajstić information content (AvgIpc) is 3.43. The van der Waals surface area contributed by atoms with Crippen LogP contribution in [0.5, 0.6) is 0 Å². The van der Waals surface area contributed by atoms with Gasteiger partial charge in [0, 0.05) is 29.4 Å². The van der Waals surface area contributed by atoms with Crippen LogP contribution in [0.3, 0.4) is 0 Å². The van der Waals surface area contributed by atoms with Crippen LogP contribution < -0.4 is 16.4 Å². The van der Waals surface area contributed by atoms with Gasteiger partial charge in [-0.1, -0.05) is 18.2 Å². The van der Waals surface area contributed by atoms with Crippen LogP contribution in [0.1, 0.15) is 18.4 Å². The lowest BCUT2D eigenvalue weighted by atomic mass is 10.1. The molecular formula is C21H27N5O5S. The number of hydrogen-bond acceptors (Lipinski definition) is 6. The van der Waals surface area contributed by atoms with Crippen molar-refractivity contribution in [2.24, 2.45) is 5.73 Å². The van der Waals surface area contributed by atoms with E-state index in [1.54, 1.807) is 6.20 Å². The van der Waals surface area contributed by atoms with Crippen LogP contribution in [0.2, 0.25) is 0 Å². The van der Waals surface area contributed by atoms with Crippen LogP contribution in [0.4, 0.5) is 0 Å². The molecule has 1 aliphatic heterocycles. The normalized spacial score (nSPS) is 17.7. The zero-order chi connectivity index (χ0) is 23.3. The number of likely N-dealkylation sites (tertiary alicyclic amines) is 1. The van der Waals surface area contributed by atoms with Crippen molar-refractivity contribution in [2.45, 2.75) is 37.4 Å². The number of nitrogens with one attached hydrogen (secondary N) is 3. The molecule has 3 amide bonds. The van der Waals surface area contributed by atoms with E-state index in [1.807, 2.05) is 24.3 Å². The molecule has 3 atom stereocenters. The summed E-state index contributed by atoms with van der Waals surface area (Å²) in [6, 6.07) is 4.92. The minimum Gasteiger partial charge on any atom is -0.480 e. The number of carboxylic acid groups (broad SMARTS) is 1. The molecule has 0 saturated carbocycles. The number of aliphatic carboxylic acids is 1. The highest BCUT2D eigenvalue weighted by Gasteiger charge is 2.37. The van der Waals surface area contributed by atoms with Crippen LogP contribution in [0, 0.1) is 0 Å². The van der Waals surface area contributed by atoms with E-state index >= 15 is 0 Å². The maximum absolute atomic E-state index is 12.6. The van der Waals surface area contributed by atoms with Crippen molar-refractivity contribution in [1.29, 1.82) is 0 Å². The molecule has 1 aromatic carbocycles. The summed E-state index contributed by atoms with van der Waals surface area (Å²) in [5, 5.41) is 15.2. The van der Waals surface area contributed by atoms with E-state index in [9.17, 15) is 24.3 Å². The predicted molar refractivity (Wildman–Crippen MR) is 121 cm³/mol. The van der Waals surface area contributed by atoms with Crippen LogP contribution in [-0.2, 0) is 25.6 Å². The molecule has 1 aliphatic rings. The van der Waals surface area contributed by atoms with Crippen molar-refractivity contribution >= 4 is 47.2 Å². The van der Waals surface area contributed by atoms with E-state index < -0.39 is 41.8 Å². The first kappa shape index (κ1) is 23.6. The Balaban J connectivity index is 1.50. The minimum atomic E-state index is -1.07. The SMILES string of the molecule is NC(Cc1c[nH]c2ccccc12)C(=O)NCC(=O)NC(CS)C(=O)N1CCCC1C(=O)O. The first-order valence-corrected chi connectivity index (χ1v) is 11.0. The van der Waals surface area contributed by atoms with Gasteiger partial charge in [0.25, 0.3) is 0 Å². The number of thiol groups is 1. The third kappa shape index (κ3) is 5.40. The quantitative estimate of drug-likeness (QED) is 0.280. The number of carboxylic acids is 1. The number of aromatic amines is 1. The second-order valence-corrected chi connectivity index (χ2v) is 8.08. The van der Waals surface area contributed by atoms with Gasteiger partial charge in [0.1, 0.15) is 12.1 Å². The molecule has 11 heteroatoms. The molecule has 0 aliphatic carbocycles. The molecule has 2 heterocycles. The van der Waals surface area contributed by atoms with Crippen LogP contribution in [0.25, 0.3) is 10.9 Å². The van der Waals surface area contributed by atoms with Crippen molar-refractivity contribution in [3.63, 3.8) is 0 Å². The summed E-state index contributed by atoms with van der Waals surface area (Å²) in [7, 11) is 0. The van der Waals surface area contributed by atoms with E-state index in [1.165, 1.54) is 4.90 Å². The Bertz CT molecular complexity index is 1010.